The second-order valence-corrected chi connectivity index (χ2v) is 4.16. The van der Waals surface area contributed by atoms with Crippen LogP contribution in [0, 0.1) is 17.1 Å². The van der Waals surface area contributed by atoms with E-state index in [1.165, 1.54) is 6.07 Å². The Hall–Kier alpha value is -1.66. The van der Waals surface area contributed by atoms with Crippen molar-refractivity contribution in [2.75, 3.05) is 0 Å². The van der Waals surface area contributed by atoms with Gasteiger partial charge in [-0.2, -0.15) is 5.26 Å². The third-order valence-corrected chi connectivity index (χ3v) is 2.52. The van der Waals surface area contributed by atoms with E-state index in [2.05, 4.69) is 10.1 Å². The topological polar surface area (TPSA) is 96.8 Å². The van der Waals surface area contributed by atoms with E-state index in [1.54, 1.807) is 0 Å². The molecule has 0 aliphatic rings. The lowest BCUT2D eigenvalue weighted by Crippen LogP contribution is -2.17. The monoisotopic (exact) mass is 251 g/mol. The molecule has 0 saturated carbocycles. The first-order valence-electron chi connectivity index (χ1n) is 3.69. The van der Waals surface area contributed by atoms with Gasteiger partial charge in [-0.15, -0.1) is 0 Å². The summed E-state index contributed by atoms with van der Waals surface area (Å²) in [6.07, 6.45) is -3.11. The number of nitrogens with two attached hydrogens (primary N) is 1. The van der Waals surface area contributed by atoms with Crippen molar-refractivity contribution in [3.8, 4) is 6.07 Å². The van der Waals surface area contributed by atoms with E-state index in [0.29, 0.717) is 0 Å². The van der Waals surface area contributed by atoms with E-state index in [9.17, 15) is 21.6 Å². The molecule has 0 aliphatic carbocycles. The number of halogens is 3. The molecule has 0 aromatic carbocycles. The highest BCUT2D eigenvalue weighted by Crippen LogP contribution is 2.23. The number of pyridine rings is 1. The summed E-state index contributed by atoms with van der Waals surface area (Å²) < 4.78 is 59.3. The van der Waals surface area contributed by atoms with Crippen molar-refractivity contribution in [2.24, 2.45) is 5.14 Å². The Balaban J connectivity index is 3.62. The smallest absolute Gasteiger partial charge is 0.234 e. The molecule has 9 heteroatoms. The highest BCUT2D eigenvalue weighted by atomic mass is 32.2. The van der Waals surface area contributed by atoms with Gasteiger partial charge in [0.15, 0.2) is 10.6 Å². The lowest BCUT2D eigenvalue weighted by Gasteiger charge is -2.05. The number of rotatable bonds is 2. The summed E-state index contributed by atoms with van der Waals surface area (Å²) >= 11 is 0. The molecule has 0 unspecified atom stereocenters. The molecule has 1 rings (SSSR count). The van der Waals surface area contributed by atoms with Crippen molar-refractivity contribution in [3.05, 3.63) is 23.3 Å². The van der Waals surface area contributed by atoms with Crippen LogP contribution < -0.4 is 5.14 Å². The third kappa shape index (κ3) is 2.29. The quantitative estimate of drug-likeness (QED) is 0.835. The number of sulfonamides is 1. The molecule has 0 saturated heterocycles. The summed E-state index contributed by atoms with van der Waals surface area (Å²) in [5, 5.41) is 13.1. The highest BCUT2D eigenvalue weighted by Gasteiger charge is 2.24. The van der Waals surface area contributed by atoms with E-state index >= 15 is 0 Å². The van der Waals surface area contributed by atoms with Gasteiger partial charge >= 0.3 is 0 Å². The number of primary sulfonamides is 1. The first-order chi connectivity index (χ1) is 7.27. The molecule has 1 heterocycles. The van der Waals surface area contributed by atoms with Gasteiger partial charge in [-0.3, -0.25) is 0 Å². The van der Waals surface area contributed by atoms with E-state index in [1.807, 2.05) is 0 Å². The van der Waals surface area contributed by atoms with Gasteiger partial charge in [0.1, 0.15) is 17.6 Å². The predicted octanol–water partition coefficient (Wildman–Crippen LogP) is 0.677. The number of aromatic nitrogens is 1. The summed E-state index contributed by atoms with van der Waals surface area (Å²) in [5.74, 6) is -1.52. The van der Waals surface area contributed by atoms with Crippen LogP contribution >= 0.6 is 0 Å². The van der Waals surface area contributed by atoms with Crippen molar-refractivity contribution in [2.45, 2.75) is 11.3 Å². The first kappa shape index (κ1) is 12.4. The molecule has 0 spiro atoms. The summed E-state index contributed by atoms with van der Waals surface area (Å²) in [6.45, 7) is 0. The predicted molar refractivity (Wildman–Crippen MR) is 45.2 cm³/mol. The molecule has 0 fully saturated rings. The molecule has 2 N–H and O–H groups in total. The Morgan fingerprint density at radius 3 is 2.44 bits per heavy atom. The van der Waals surface area contributed by atoms with Crippen molar-refractivity contribution in [3.63, 3.8) is 0 Å². The molecule has 86 valence electrons. The van der Waals surface area contributed by atoms with E-state index in [4.69, 9.17) is 5.26 Å². The van der Waals surface area contributed by atoms with Gasteiger partial charge in [0.2, 0.25) is 10.0 Å². The largest absolute Gasteiger partial charge is 0.280 e. The Morgan fingerprint density at radius 2 is 2.06 bits per heavy atom. The van der Waals surface area contributed by atoms with Crippen LogP contribution in [0.2, 0.25) is 0 Å². The van der Waals surface area contributed by atoms with Gasteiger partial charge in [-0.25, -0.2) is 31.7 Å². The maximum atomic E-state index is 13.2. The molecule has 1 aromatic heterocycles. The minimum atomic E-state index is -4.52. The highest BCUT2D eigenvalue weighted by molar-refractivity contribution is 7.89. The number of hydrogen-bond donors (Lipinski definition) is 1. The van der Waals surface area contributed by atoms with Gasteiger partial charge in [0.05, 0.1) is 0 Å². The zero-order valence-electron chi connectivity index (χ0n) is 7.49. The summed E-state index contributed by atoms with van der Waals surface area (Å²) in [6, 6.07) is 1.42. The Bertz CT molecular complexity index is 565. The van der Waals surface area contributed by atoms with E-state index in [0.717, 1.165) is 0 Å². The number of nitrogens with zero attached hydrogens (tertiary/aromatic N) is 2. The first-order valence-corrected chi connectivity index (χ1v) is 5.23. The average molecular weight is 251 g/mol. The van der Waals surface area contributed by atoms with Crippen LogP contribution in [0.25, 0.3) is 0 Å². The molecule has 5 nitrogen and oxygen atoms in total. The van der Waals surface area contributed by atoms with Crippen LogP contribution in [0.15, 0.2) is 11.0 Å². The Morgan fingerprint density at radius 1 is 1.50 bits per heavy atom. The van der Waals surface area contributed by atoms with Crippen molar-refractivity contribution < 1.29 is 21.6 Å². The molecular formula is C7H4F3N3O2S. The molecular weight excluding hydrogens is 247 g/mol. The van der Waals surface area contributed by atoms with Crippen LogP contribution in [-0.4, -0.2) is 13.4 Å². The van der Waals surface area contributed by atoms with Gasteiger partial charge in [-0.05, 0) is 0 Å². The second-order valence-electron chi connectivity index (χ2n) is 2.66. The zero-order valence-corrected chi connectivity index (χ0v) is 8.30. The van der Waals surface area contributed by atoms with E-state index in [-0.39, 0.29) is 6.07 Å². The van der Waals surface area contributed by atoms with Crippen molar-refractivity contribution in [1.29, 1.82) is 5.26 Å². The standard InChI is InChI=1S/C7H4F3N3O2S/c8-3-1-4(7(9)10)13-5(2-11)6(3)16(12,14)15/h1,7H,(H2,12,14,15). The van der Waals surface area contributed by atoms with Crippen LogP contribution in [0.5, 0.6) is 0 Å². The normalized spacial score (nSPS) is 11.5. The summed E-state index contributed by atoms with van der Waals surface area (Å²) in [7, 11) is -4.52. The van der Waals surface area contributed by atoms with Crippen molar-refractivity contribution in [1.82, 2.24) is 4.98 Å². The second kappa shape index (κ2) is 4.07. The fraction of sp³-hybridized carbons (Fsp3) is 0.143. The fourth-order valence-corrected chi connectivity index (χ4v) is 1.67. The number of alkyl halides is 2. The maximum Gasteiger partial charge on any atom is 0.280 e. The summed E-state index contributed by atoms with van der Waals surface area (Å²) in [5.41, 5.74) is -2.01. The van der Waals surface area contributed by atoms with Crippen LogP contribution in [-0.2, 0) is 10.0 Å². The fourth-order valence-electron chi connectivity index (χ4n) is 0.979. The average Bonchev–Trinajstić information content (AvgIpc) is 2.14. The lowest BCUT2D eigenvalue weighted by molar-refractivity contribution is 0.145. The third-order valence-electron chi connectivity index (χ3n) is 1.56. The van der Waals surface area contributed by atoms with Gasteiger partial charge in [0, 0.05) is 6.07 Å². The van der Waals surface area contributed by atoms with Crippen LogP contribution in [0.3, 0.4) is 0 Å². The zero-order chi connectivity index (χ0) is 12.5. The molecule has 0 atom stereocenters. The van der Waals surface area contributed by atoms with Gasteiger partial charge in [0.25, 0.3) is 6.43 Å². The number of hydrogen-bond acceptors (Lipinski definition) is 4. The molecule has 0 bridgehead atoms. The molecule has 1 aromatic rings. The maximum absolute atomic E-state index is 13.2. The van der Waals surface area contributed by atoms with Gasteiger partial charge in [-0.1, -0.05) is 0 Å². The van der Waals surface area contributed by atoms with Crippen LogP contribution in [0.4, 0.5) is 13.2 Å². The SMILES string of the molecule is N#Cc1nc(C(F)F)cc(F)c1S(N)(=O)=O. The molecule has 0 radical (unpaired) electrons. The van der Waals surface area contributed by atoms with Gasteiger partial charge < -0.3 is 0 Å². The number of nitriles is 1. The molecule has 0 aliphatic heterocycles. The van der Waals surface area contributed by atoms with Crippen LogP contribution in [0.1, 0.15) is 17.8 Å². The minimum Gasteiger partial charge on any atom is -0.234 e. The lowest BCUT2D eigenvalue weighted by atomic mass is 10.3. The van der Waals surface area contributed by atoms with E-state index < -0.39 is 38.5 Å². The Labute approximate surface area is 88.4 Å². The molecule has 16 heavy (non-hydrogen) atoms. The van der Waals surface area contributed by atoms with Crippen molar-refractivity contribution >= 4 is 10.0 Å². The minimum absolute atomic E-state index is 0.227. The summed E-state index contributed by atoms with van der Waals surface area (Å²) in [4.78, 5) is 1.83. The molecule has 0 amide bonds. The Kier molecular flexibility index (Phi) is 3.16.